The van der Waals surface area contributed by atoms with Gasteiger partial charge in [0.1, 0.15) is 13.2 Å². The molecule has 80 heavy (non-hydrogen) atoms. The van der Waals surface area contributed by atoms with E-state index in [9.17, 15) is 14.4 Å². The minimum atomic E-state index is -0.813. The van der Waals surface area contributed by atoms with Gasteiger partial charge >= 0.3 is 17.9 Å². The van der Waals surface area contributed by atoms with E-state index in [1.807, 2.05) is 6.08 Å². The van der Waals surface area contributed by atoms with Crippen molar-refractivity contribution in [1.29, 1.82) is 0 Å². The second-order valence-electron chi connectivity index (χ2n) is 23.4. The Balaban J connectivity index is 4.04. The normalized spacial score (nSPS) is 12.5. The molecular weight excluding hydrogens is 985 g/mol. The molecule has 0 saturated heterocycles. The van der Waals surface area contributed by atoms with Gasteiger partial charge in [0.2, 0.25) is 0 Å². The van der Waals surface area contributed by atoms with Gasteiger partial charge in [-0.05, 0) is 57.8 Å². The lowest BCUT2D eigenvalue weighted by Gasteiger charge is -2.18. The molecule has 1 unspecified atom stereocenters. The summed E-state index contributed by atoms with van der Waals surface area (Å²) >= 11 is 0. The number of esters is 3. The van der Waals surface area contributed by atoms with Gasteiger partial charge in [0.25, 0.3) is 0 Å². The van der Waals surface area contributed by atoms with E-state index in [0.29, 0.717) is 19.3 Å². The lowest BCUT2D eigenvalue weighted by atomic mass is 10.0. The lowest BCUT2D eigenvalue weighted by Crippen LogP contribution is -2.30. The number of hydrogen-bond donors (Lipinski definition) is 0. The molecular formula is C74H132O6. The van der Waals surface area contributed by atoms with Gasteiger partial charge in [-0.3, -0.25) is 14.4 Å². The smallest absolute Gasteiger partial charge is 0.306 e. The molecule has 0 aromatic rings. The van der Waals surface area contributed by atoms with Crippen molar-refractivity contribution in [2.75, 3.05) is 13.2 Å². The van der Waals surface area contributed by atoms with E-state index >= 15 is 0 Å². The first-order valence-corrected chi connectivity index (χ1v) is 34.9. The average Bonchev–Trinajstić information content (AvgIpc) is 3.46. The van der Waals surface area contributed by atoms with Crippen molar-refractivity contribution in [2.45, 2.75) is 367 Å². The third-order valence-electron chi connectivity index (χ3n) is 15.5. The molecule has 6 heteroatoms. The molecule has 0 aromatic heterocycles. The Hall–Kier alpha value is -3.15. The number of rotatable bonds is 64. The summed E-state index contributed by atoms with van der Waals surface area (Å²) in [5.41, 5.74) is 0. The predicted octanol–water partition coefficient (Wildman–Crippen LogP) is 24.1. The molecule has 0 bridgehead atoms. The summed E-state index contributed by atoms with van der Waals surface area (Å²) in [5, 5.41) is 0. The molecule has 0 amide bonds. The van der Waals surface area contributed by atoms with Crippen LogP contribution >= 0.6 is 0 Å². The number of ether oxygens (including phenoxy) is 3. The first-order valence-electron chi connectivity index (χ1n) is 34.9. The average molecular weight is 1120 g/mol. The van der Waals surface area contributed by atoms with E-state index < -0.39 is 6.10 Å². The van der Waals surface area contributed by atoms with Crippen LogP contribution in [0.1, 0.15) is 361 Å². The third kappa shape index (κ3) is 65.7. The monoisotopic (exact) mass is 1120 g/mol. The summed E-state index contributed by atoms with van der Waals surface area (Å²) < 4.78 is 16.8. The Morgan fingerprint density at radius 1 is 0.263 bits per heavy atom. The Morgan fingerprint density at radius 2 is 0.487 bits per heavy atom. The molecule has 0 fully saturated rings. The summed E-state index contributed by atoms with van der Waals surface area (Å²) in [6, 6.07) is 0. The van der Waals surface area contributed by atoms with Crippen molar-refractivity contribution < 1.29 is 28.6 Å². The molecule has 0 rings (SSSR count). The largest absolute Gasteiger partial charge is 0.462 e. The van der Waals surface area contributed by atoms with Crippen LogP contribution in [0.15, 0.2) is 72.9 Å². The van der Waals surface area contributed by atoms with Crippen molar-refractivity contribution in [1.82, 2.24) is 0 Å². The summed E-state index contributed by atoms with van der Waals surface area (Å²) in [4.78, 5) is 38.1. The maximum absolute atomic E-state index is 12.8. The summed E-state index contributed by atoms with van der Waals surface area (Å²) in [6.07, 6.45) is 89.9. The molecule has 0 aromatic carbocycles. The quantitative estimate of drug-likeness (QED) is 0.0261. The number of unbranched alkanes of at least 4 members (excludes halogenated alkanes) is 41. The summed E-state index contributed by atoms with van der Waals surface area (Å²) in [6.45, 7) is 6.48. The predicted molar refractivity (Wildman–Crippen MR) is 348 cm³/mol. The van der Waals surface area contributed by atoms with Gasteiger partial charge in [0.15, 0.2) is 6.10 Å². The summed E-state index contributed by atoms with van der Waals surface area (Å²) in [7, 11) is 0. The number of allylic oxidation sites excluding steroid dienone is 12. The molecule has 0 N–H and O–H groups in total. The van der Waals surface area contributed by atoms with Crippen molar-refractivity contribution in [3.8, 4) is 0 Å². The maximum atomic E-state index is 12.8. The molecule has 1 atom stereocenters. The Bertz CT molecular complexity index is 1470. The molecule has 464 valence electrons. The fourth-order valence-corrected chi connectivity index (χ4v) is 10.3. The van der Waals surface area contributed by atoms with Crippen molar-refractivity contribution >= 4 is 17.9 Å². The molecule has 0 aliphatic heterocycles. The van der Waals surface area contributed by atoms with Crippen molar-refractivity contribution in [3.63, 3.8) is 0 Å². The second-order valence-corrected chi connectivity index (χ2v) is 23.4. The molecule has 0 radical (unpaired) electrons. The fourth-order valence-electron chi connectivity index (χ4n) is 10.3. The molecule has 0 saturated carbocycles. The molecule has 0 heterocycles. The molecule has 0 spiro atoms. The van der Waals surface area contributed by atoms with E-state index in [2.05, 4.69) is 87.6 Å². The lowest BCUT2D eigenvalue weighted by molar-refractivity contribution is -0.166. The van der Waals surface area contributed by atoms with Gasteiger partial charge in [0.05, 0.1) is 0 Å². The Labute approximate surface area is 497 Å². The van der Waals surface area contributed by atoms with Gasteiger partial charge in [0, 0.05) is 19.3 Å². The van der Waals surface area contributed by atoms with E-state index in [1.165, 1.54) is 238 Å². The van der Waals surface area contributed by atoms with Crippen LogP contribution in [0, 0.1) is 0 Å². The van der Waals surface area contributed by atoms with Gasteiger partial charge in [-0.1, -0.05) is 357 Å². The van der Waals surface area contributed by atoms with Crippen LogP contribution in [0.5, 0.6) is 0 Å². The van der Waals surface area contributed by atoms with E-state index in [-0.39, 0.29) is 37.5 Å². The van der Waals surface area contributed by atoms with Crippen LogP contribution in [0.25, 0.3) is 0 Å². The highest BCUT2D eigenvalue weighted by molar-refractivity contribution is 5.71. The third-order valence-corrected chi connectivity index (χ3v) is 15.5. The SMILES string of the molecule is CC/C=C\C/C=C\C/C=C\C/C=C\C/C=C\C/C=C\CCC(=O)OC(COC(=O)CCCCCCCCCC)COC(=O)CCCCCCCCCCCCCCCCCCCCCCCCCCCCCCCCCCCCC. The van der Waals surface area contributed by atoms with Crippen LogP contribution < -0.4 is 0 Å². The van der Waals surface area contributed by atoms with E-state index in [0.717, 1.165) is 77.0 Å². The van der Waals surface area contributed by atoms with Gasteiger partial charge in [-0.15, -0.1) is 0 Å². The van der Waals surface area contributed by atoms with Crippen molar-refractivity contribution in [3.05, 3.63) is 72.9 Å². The highest BCUT2D eigenvalue weighted by atomic mass is 16.6. The number of hydrogen-bond acceptors (Lipinski definition) is 6. The highest BCUT2D eigenvalue weighted by Crippen LogP contribution is 2.18. The minimum Gasteiger partial charge on any atom is -0.462 e. The highest BCUT2D eigenvalue weighted by Gasteiger charge is 2.19. The zero-order chi connectivity index (χ0) is 57.8. The zero-order valence-corrected chi connectivity index (χ0v) is 53.3. The number of carbonyl (C=O) groups excluding carboxylic acids is 3. The summed E-state index contributed by atoms with van der Waals surface area (Å²) in [5.74, 6) is -0.977. The molecule has 6 nitrogen and oxygen atoms in total. The number of carbonyl (C=O) groups is 3. The van der Waals surface area contributed by atoms with Gasteiger partial charge < -0.3 is 14.2 Å². The van der Waals surface area contributed by atoms with Crippen LogP contribution in [-0.4, -0.2) is 37.2 Å². The fraction of sp³-hybridized carbons (Fsp3) is 0.797. The first-order chi connectivity index (χ1) is 39.5. The van der Waals surface area contributed by atoms with Gasteiger partial charge in [-0.2, -0.15) is 0 Å². The zero-order valence-electron chi connectivity index (χ0n) is 53.3. The maximum Gasteiger partial charge on any atom is 0.306 e. The first kappa shape index (κ1) is 76.9. The van der Waals surface area contributed by atoms with Crippen LogP contribution in [-0.2, 0) is 28.6 Å². The van der Waals surface area contributed by atoms with Gasteiger partial charge in [-0.25, -0.2) is 0 Å². The van der Waals surface area contributed by atoms with Crippen LogP contribution in [0.3, 0.4) is 0 Å². The molecule has 0 aliphatic rings. The standard InChI is InChI=1S/C74H132O6/c1-4-7-10-13-16-19-21-23-25-27-29-30-31-32-33-34-35-36-37-38-39-40-41-42-43-44-46-47-49-51-53-55-58-61-64-67-73(76)79-70-71(69-78-72(75)66-63-60-57-18-15-12-9-6-3)80-74(77)68-65-62-59-56-54-52-50-48-45-28-26-24-22-20-17-14-11-8-5-2/h8,11,17,20,24,26,45,48,52,54,59,62,71H,4-7,9-10,12-16,18-19,21-23,25,27-44,46-47,49-51,53,55-58,60-61,63-70H2,1-3H3/b11-8-,20-17-,26-24-,48-45-,54-52-,62-59-. The van der Waals surface area contributed by atoms with E-state index in [4.69, 9.17) is 14.2 Å². The minimum absolute atomic E-state index is 0.102. The second kappa shape index (κ2) is 68.3. The Kier molecular flexibility index (Phi) is 65.7. The van der Waals surface area contributed by atoms with Crippen molar-refractivity contribution in [2.24, 2.45) is 0 Å². The Morgan fingerprint density at radius 3 is 0.738 bits per heavy atom. The van der Waals surface area contributed by atoms with E-state index in [1.54, 1.807) is 0 Å². The topological polar surface area (TPSA) is 78.9 Å². The molecule has 0 aliphatic carbocycles. The van der Waals surface area contributed by atoms with Crippen LogP contribution in [0.4, 0.5) is 0 Å². The van der Waals surface area contributed by atoms with Crippen LogP contribution in [0.2, 0.25) is 0 Å².